The van der Waals surface area contributed by atoms with Crippen LogP contribution in [0.4, 0.5) is 4.79 Å². The van der Waals surface area contributed by atoms with E-state index in [2.05, 4.69) is 5.32 Å². The van der Waals surface area contributed by atoms with E-state index in [1.54, 1.807) is 6.08 Å². The summed E-state index contributed by atoms with van der Waals surface area (Å²) in [5.41, 5.74) is 0.810. The fraction of sp³-hybridized carbons (Fsp3) is 0.235. The largest absolute Gasteiger partial charge is 0.349 e. The Morgan fingerprint density at radius 1 is 1.27 bits per heavy atom. The molecule has 1 N–H and O–H groups in total. The highest BCUT2D eigenvalue weighted by Gasteiger charge is 2.35. The van der Waals surface area contributed by atoms with Crippen molar-refractivity contribution in [3.63, 3.8) is 0 Å². The number of benzene rings is 1. The lowest BCUT2D eigenvalue weighted by molar-refractivity contribution is -0.124. The highest BCUT2D eigenvalue weighted by molar-refractivity contribution is 8.18. The summed E-state index contributed by atoms with van der Waals surface area (Å²) < 4.78 is 22.6. The number of rotatable bonds is 5. The fourth-order valence-electron chi connectivity index (χ4n) is 2.55. The number of hydrogen-bond acceptors (Lipinski definition) is 6. The van der Waals surface area contributed by atoms with E-state index in [-0.39, 0.29) is 18.7 Å². The summed E-state index contributed by atoms with van der Waals surface area (Å²) in [6, 6.07) is 8.60. The van der Waals surface area contributed by atoms with Crippen molar-refractivity contribution < 1.29 is 22.8 Å². The first-order chi connectivity index (χ1) is 12.3. The van der Waals surface area contributed by atoms with Gasteiger partial charge in [0.2, 0.25) is 5.91 Å². The van der Waals surface area contributed by atoms with Gasteiger partial charge in [0.25, 0.3) is 11.1 Å². The van der Waals surface area contributed by atoms with Crippen molar-refractivity contribution in [2.45, 2.75) is 12.5 Å². The molecule has 2 heterocycles. The van der Waals surface area contributed by atoms with E-state index in [1.807, 2.05) is 30.3 Å². The molecule has 0 aromatic heterocycles. The molecule has 136 valence electrons. The van der Waals surface area contributed by atoms with Gasteiger partial charge < -0.3 is 5.32 Å². The highest BCUT2D eigenvalue weighted by atomic mass is 32.2. The normalized spacial score (nSPS) is 23.0. The zero-order chi connectivity index (χ0) is 18.7. The van der Waals surface area contributed by atoms with Gasteiger partial charge in [-0.15, -0.1) is 0 Å². The average Bonchev–Trinajstić information content (AvgIpc) is 3.06. The molecule has 1 aromatic rings. The SMILES string of the molecule is O=C(CCN1C(=O)S/C(=C\c2ccccc2)C1=O)N[C@H]1C=CS(=O)(=O)C1. The molecule has 1 atom stereocenters. The van der Waals surface area contributed by atoms with E-state index in [4.69, 9.17) is 0 Å². The maximum atomic E-state index is 12.4. The van der Waals surface area contributed by atoms with Crippen LogP contribution in [-0.2, 0) is 19.4 Å². The molecule has 0 spiro atoms. The number of amides is 3. The summed E-state index contributed by atoms with van der Waals surface area (Å²) in [5, 5.41) is 3.21. The zero-order valence-electron chi connectivity index (χ0n) is 13.6. The molecule has 0 unspecified atom stereocenters. The van der Waals surface area contributed by atoms with Gasteiger partial charge in [0.05, 0.1) is 16.7 Å². The fourth-order valence-corrected chi connectivity index (χ4v) is 4.65. The summed E-state index contributed by atoms with van der Waals surface area (Å²) in [6.07, 6.45) is 2.97. The van der Waals surface area contributed by atoms with E-state index >= 15 is 0 Å². The minimum Gasteiger partial charge on any atom is -0.349 e. The Hall–Kier alpha value is -2.39. The first-order valence-corrected chi connectivity index (χ1v) is 10.4. The van der Waals surface area contributed by atoms with Crippen LogP contribution in [0, 0.1) is 0 Å². The Kier molecular flexibility index (Phi) is 5.28. The third-order valence-corrected chi connectivity index (χ3v) is 6.11. The van der Waals surface area contributed by atoms with Gasteiger partial charge in [-0.2, -0.15) is 0 Å². The Labute approximate surface area is 155 Å². The molecule has 1 fully saturated rings. The van der Waals surface area contributed by atoms with Crippen LogP contribution in [-0.4, -0.2) is 48.7 Å². The monoisotopic (exact) mass is 392 g/mol. The van der Waals surface area contributed by atoms with Crippen LogP contribution in [0.2, 0.25) is 0 Å². The van der Waals surface area contributed by atoms with Crippen LogP contribution in [0.1, 0.15) is 12.0 Å². The van der Waals surface area contributed by atoms with Crippen molar-refractivity contribution in [2.75, 3.05) is 12.3 Å². The lowest BCUT2D eigenvalue weighted by atomic mass is 10.2. The number of imide groups is 1. The summed E-state index contributed by atoms with van der Waals surface area (Å²) in [4.78, 5) is 37.7. The maximum Gasteiger partial charge on any atom is 0.293 e. The van der Waals surface area contributed by atoms with E-state index < -0.39 is 32.9 Å². The molecule has 9 heteroatoms. The predicted octanol–water partition coefficient (Wildman–Crippen LogP) is 1.54. The number of carbonyl (C=O) groups is 3. The van der Waals surface area contributed by atoms with Gasteiger partial charge in [0, 0.05) is 18.4 Å². The van der Waals surface area contributed by atoms with Crippen molar-refractivity contribution >= 4 is 44.7 Å². The molecule has 3 amide bonds. The molecular formula is C17H16N2O5S2. The quantitative estimate of drug-likeness (QED) is 0.763. The molecule has 0 radical (unpaired) electrons. The molecule has 2 aliphatic rings. The standard InChI is InChI=1S/C17H16N2O5S2/c20-15(18-13-7-9-26(23,24)11-13)6-8-19-16(21)14(25-17(19)22)10-12-4-2-1-3-5-12/h1-5,7,9-10,13H,6,8,11H2,(H,18,20)/b14-10-/t13-/m0/s1. The van der Waals surface area contributed by atoms with Crippen molar-refractivity contribution in [3.8, 4) is 0 Å². The second-order valence-corrected chi connectivity index (χ2v) is 8.75. The molecule has 0 bridgehead atoms. The van der Waals surface area contributed by atoms with Gasteiger partial charge in [-0.3, -0.25) is 19.3 Å². The van der Waals surface area contributed by atoms with Gasteiger partial charge >= 0.3 is 0 Å². The summed E-state index contributed by atoms with van der Waals surface area (Å²) >= 11 is 0.837. The van der Waals surface area contributed by atoms with Gasteiger partial charge in [0.1, 0.15) is 0 Å². The van der Waals surface area contributed by atoms with Crippen molar-refractivity contribution in [2.24, 2.45) is 0 Å². The first kappa shape index (κ1) is 18.4. The lowest BCUT2D eigenvalue weighted by Crippen LogP contribution is -2.38. The number of sulfone groups is 1. The summed E-state index contributed by atoms with van der Waals surface area (Å²) in [7, 11) is -3.25. The molecule has 0 aliphatic carbocycles. The van der Waals surface area contributed by atoms with Gasteiger partial charge in [-0.05, 0) is 29.5 Å². The third kappa shape index (κ3) is 4.41. The number of thioether (sulfide) groups is 1. The Bertz CT molecular complexity index is 906. The van der Waals surface area contributed by atoms with Crippen LogP contribution >= 0.6 is 11.8 Å². The minimum atomic E-state index is -3.25. The number of hydrogen-bond donors (Lipinski definition) is 1. The highest BCUT2D eigenvalue weighted by Crippen LogP contribution is 2.32. The Balaban J connectivity index is 1.56. The topological polar surface area (TPSA) is 101 Å². The Morgan fingerprint density at radius 2 is 2.00 bits per heavy atom. The molecule has 1 aromatic carbocycles. The Morgan fingerprint density at radius 3 is 2.65 bits per heavy atom. The predicted molar refractivity (Wildman–Crippen MR) is 98.6 cm³/mol. The zero-order valence-corrected chi connectivity index (χ0v) is 15.3. The maximum absolute atomic E-state index is 12.4. The average molecular weight is 392 g/mol. The molecule has 0 saturated carbocycles. The molecule has 2 aliphatic heterocycles. The van der Waals surface area contributed by atoms with Gasteiger partial charge in [-0.25, -0.2) is 8.42 Å². The second kappa shape index (κ2) is 7.46. The smallest absolute Gasteiger partial charge is 0.293 e. The number of carbonyl (C=O) groups excluding carboxylic acids is 3. The molecule has 7 nitrogen and oxygen atoms in total. The van der Waals surface area contributed by atoms with E-state index in [9.17, 15) is 22.8 Å². The molecular weight excluding hydrogens is 376 g/mol. The molecule has 1 saturated heterocycles. The van der Waals surface area contributed by atoms with Crippen LogP contribution < -0.4 is 5.32 Å². The number of nitrogens with one attached hydrogen (secondary N) is 1. The van der Waals surface area contributed by atoms with Crippen molar-refractivity contribution in [1.29, 1.82) is 0 Å². The molecule has 3 rings (SSSR count). The van der Waals surface area contributed by atoms with Crippen LogP contribution in [0.25, 0.3) is 6.08 Å². The van der Waals surface area contributed by atoms with Crippen LogP contribution in [0.5, 0.6) is 0 Å². The lowest BCUT2D eigenvalue weighted by Gasteiger charge is -2.14. The van der Waals surface area contributed by atoms with Crippen LogP contribution in [0.3, 0.4) is 0 Å². The summed E-state index contributed by atoms with van der Waals surface area (Å²) in [5.74, 6) is -1.01. The van der Waals surface area contributed by atoms with Crippen molar-refractivity contribution in [1.82, 2.24) is 10.2 Å². The van der Waals surface area contributed by atoms with Crippen LogP contribution in [0.15, 0.2) is 46.7 Å². The van der Waals surface area contributed by atoms with E-state index in [1.165, 1.54) is 6.08 Å². The summed E-state index contributed by atoms with van der Waals surface area (Å²) in [6.45, 7) is -0.0498. The first-order valence-electron chi connectivity index (χ1n) is 7.85. The van der Waals surface area contributed by atoms with E-state index in [0.29, 0.717) is 4.91 Å². The second-order valence-electron chi connectivity index (χ2n) is 5.83. The third-order valence-electron chi connectivity index (χ3n) is 3.81. The van der Waals surface area contributed by atoms with Gasteiger partial charge in [-0.1, -0.05) is 30.3 Å². The number of nitrogens with zero attached hydrogens (tertiary/aromatic N) is 1. The molecule has 26 heavy (non-hydrogen) atoms. The van der Waals surface area contributed by atoms with Crippen molar-refractivity contribution in [3.05, 3.63) is 52.3 Å². The van der Waals surface area contributed by atoms with Gasteiger partial charge in [0.15, 0.2) is 9.84 Å². The minimum absolute atomic E-state index is 0.0498. The van der Waals surface area contributed by atoms with E-state index in [0.717, 1.165) is 27.6 Å².